The summed E-state index contributed by atoms with van der Waals surface area (Å²) in [6.45, 7) is 3.08. The Labute approximate surface area is 132 Å². The van der Waals surface area contributed by atoms with Gasteiger partial charge in [-0.3, -0.25) is 0 Å². The van der Waals surface area contributed by atoms with E-state index in [0.29, 0.717) is 5.92 Å². The van der Waals surface area contributed by atoms with E-state index in [4.69, 9.17) is 10.5 Å². The molecule has 2 fully saturated rings. The molecular weight excluding hydrogens is 278 g/mol. The predicted molar refractivity (Wildman–Crippen MR) is 90.7 cm³/mol. The summed E-state index contributed by atoms with van der Waals surface area (Å²) < 4.78 is 6.19. The fourth-order valence-electron chi connectivity index (χ4n) is 3.71. The van der Waals surface area contributed by atoms with Crippen molar-refractivity contribution < 1.29 is 4.74 Å². The molecule has 116 valence electrons. The van der Waals surface area contributed by atoms with E-state index < -0.39 is 0 Å². The number of hydrogen-bond acceptors (Lipinski definition) is 3. The zero-order valence-corrected chi connectivity index (χ0v) is 13.8. The molecule has 2 N–H and O–H groups in total. The quantitative estimate of drug-likeness (QED) is 0.918. The number of benzene rings is 1. The van der Waals surface area contributed by atoms with E-state index in [2.05, 4.69) is 43.0 Å². The molecule has 21 heavy (non-hydrogen) atoms. The molecule has 2 saturated heterocycles. The number of aryl methyl sites for hydroxylation is 1. The topological polar surface area (TPSA) is 35.2 Å². The minimum atomic E-state index is 0.134. The van der Waals surface area contributed by atoms with Gasteiger partial charge in [0.25, 0.3) is 0 Å². The lowest BCUT2D eigenvalue weighted by molar-refractivity contribution is -0.105. The number of rotatable bonds is 3. The van der Waals surface area contributed by atoms with Gasteiger partial charge in [0.15, 0.2) is 0 Å². The summed E-state index contributed by atoms with van der Waals surface area (Å²) in [6.07, 6.45) is 5.74. The molecule has 2 aliphatic rings. The van der Waals surface area contributed by atoms with Gasteiger partial charge in [-0.25, -0.2) is 0 Å². The van der Waals surface area contributed by atoms with Crippen LogP contribution in [0.3, 0.4) is 0 Å². The Morgan fingerprint density at radius 3 is 2.67 bits per heavy atom. The SMILES string of the molecule is CCc1ccc(C(N)C2CCOC3(CCSCC3)C2)cc1. The van der Waals surface area contributed by atoms with Crippen molar-refractivity contribution in [2.75, 3.05) is 18.1 Å². The summed E-state index contributed by atoms with van der Waals surface area (Å²) in [5.41, 5.74) is 9.40. The van der Waals surface area contributed by atoms with Gasteiger partial charge in [0.05, 0.1) is 5.60 Å². The van der Waals surface area contributed by atoms with Crippen molar-refractivity contribution in [3.05, 3.63) is 35.4 Å². The lowest BCUT2D eigenvalue weighted by atomic mass is 9.77. The van der Waals surface area contributed by atoms with Gasteiger partial charge >= 0.3 is 0 Å². The van der Waals surface area contributed by atoms with Gasteiger partial charge in [-0.2, -0.15) is 11.8 Å². The minimum Gasteiger partial charge on any atom is -0.375 e. The van der Waals surface area contributed by atoms with E-state index >= 15 is 0 Å². The second kappa shape index (κ2) is 6.72. The van der Waals surface area contributed by atoms with Crippen LogP contribution >= 0.6 is 11.8 Å². The Morgan fingerprint density at radius 1 is 1.29 bits per heavy atom. The smallest absolute Gasteiger partial charge is 0.0701 e. The second-order valence-electron chi connectivity index (χ2n) is 6.52. The first-order valence-corrected chi connectivity index (χ1v) is 9.44. The summed E-state index contributed by atoms with van der Waals surface area (Å²) in [7, 11) is 0. The van der Waals surface area contributed by atoms with Crippen LogP contribution in [0.5, 0.6) is 0 Å². The standard InChI is InChI=1S/C18H27NOS/c1-2-14-3-5-15(6-4-14)17(19)16-7-10-20-18(13-16)8-11-21-12-9-18/h3-6,16-17H,2,7-13,19H2,1H3. The van der Waals surface area contributed by atoms with Crippen molar-refractivity contribution >= 4 is 11.8 Å². The van der Waals surface area contributed by atoms with Crippen molar-refractivity contribution in [1.82, 2.24) is 0 Å². The van der Waals surface area contributed by atoms with Gasteiger partial charge < -0.3 is 10.5 Å². The van der Waals surface area contributed by atoms with Crippen LogP contribution in [0.2, 0.25) is 0 Å². The molecule has 0 amide bonds. The summed E-state index contributed by atoms with van der Waals surface area (Å²) >= 11 is 2.06. The Morgan fingerprint density at radius 2 is 2.00 bits per heavy atom. The molecule has 2 nitrogen and oxygen atoms in total. The zero-order valence-electron chi connectivity index (χ0n) is 13.0. The second-order valence-corrected chi connectivity index (χ2v) is 7.74. The molecule has 0 saturated carbocycles. The third kappa shape index (κ3) is 3.46. The summed E-state index contributed by atoms with van der Waals surface area (Å²) in [4.78, 5) is 0. The first kappa shape index (κ1) is 15.4. The first-order chi connectivity index (χ1) is 10.2. The van der Waals surface area contributed by atoms with Crippen LogP contribution in [0.25, 0.3) is 0 Å². The van der Waals surface area contributed by atoms with Gasteiger partial charge in [0.2, 0.25) is 0 Å². The molecule has 0 aromatic heterocycles. The van der Waals surface area contributed by atoms with Gasteiger partial charge in [-0.15, -0.1) is 0 Å². The first-order valence-electron chi connectivity index (χ1n) is 8.28. The number of nitrogens with two attached hydrogens (primary N) is 1. The van der Waals surface area contributed by atoms with Crippen molar-refractivity contribution in [2.45, 2.75) is 50.7 Å². The third-order valence-corrected chi connectivity index (χ3v) is 6.20. The normalized spacial score (nSPS) is 26.7. The highest BCUT2D eigenvalue weighted by molar-refractivity contribution is 7.99. The van der Waals surface area contributed by atoms with E-state index in [-0.39, 0.29) is 11.6 Å². The van der Waals surface area contributed by atoms with Crippen LogP contribution < -0.4 is 5.73 Å². The third-order valence-electron chi connectivity index (χ3n) is 5.22. The summed E-state index contributed by atoms with van der Waals surface area (Å²) in [5.74, 6) is 3.05. The molecule has 3 rings (SSSR count). The average molecular weight is 305 g/mol. The van der Waals surface area contributed by atoms with Gasteiger partial charge in [0, 0.05) is 12.6 Å². The summed E-state index contributed by atoms with van der Waals surface area (Å²) in [6, 6.07) is 9.06. The molecule has 2 unspecified atom stereocenters. The monoisotopic (exact) mass is 305 g/mol. The fraction of sp³-hybridized carbons (Fsp3) is 0.667. The molecule has 1 spiro atoms. The molecule has 0 radical (unpaired) electrons. The zero-order chi connectivity index (χ0) is 14.7. The van der Waals surface area contributed by atoms with Crippen LogP contribution in [-0.4, -0.2) is 23.7 Å². The lowest BCUT2D eigenvalue weighted by Gasteiger charge is -2.44. The minimum absolute atomic E-state index is 0.134. The highest BCUT2D eigenvalue weighted by Gasteiger charge is 2.40. The van der Waals surface area contributed by atoms with Gasteiger partial charge in [0.1, 0.15) is 0 Å². The lowest BCUT2D eigenvalue weighted by Crippen LogP contribution is -2.45. The Hall–Kier alpha value is -0.510. The van der Waals surface area contributed by atoms with Crippen molar-refractivity contribution in [1.29, 1.82) is 0 Å². The van der Waals surface area contributed by atoms with Crippen molar-refractivity contribution in [2.24, 2.45) is 11.7 Å². The molecule has 2 atom stereocenters. The average Bonchev–Trinajstić information content (AvgIpc) is 2.55. The van der Waals surface area contributed by atoms with Crippen LogP contribution in [0, 0.1) is 5.92 Å². The highest BCUT2D eigenvalue weighted by atomic mass is 32.2. The fourth-order valence-corrected chi connectivity index (χ4v) is 4.95. The van der Waals surface area contributed by atoms with Crippen molar-refractivity contribution in [3.8, 4) is 0 Å². The van der Waals surface area contributed by atoms with E-state index in [1.807, 2.05) is 0 Å². The van der Waals surface area contributed by atoms with Crippen LogP contribution in [0.1, 0.15) is 49.8 Å². The number of thioether (sulfide) groups is 1. The molecule has 2 aliphatic heterocycles. The number of hydrogen-bond donors (Lipinski definition) is 1. The van der Waals surface area contributed by atoms with E-state index in [1.165, 1.54) is 35.5 Å². The maximum Gasteiger partial charge on any atom is 0.0701 e. The maximum absolute atomic E-state index is 6.59. The van der Waals surface area contributed by atoms with Gasteiger partial charge in [-0.05, 0) is 60.7 Å². The highest BCUT2D eigenvalue weighted by Crippen LogP contribution is 2.42. The van der Waals surface area contributed by atoms with Gasteiger partial charge in [-0.1, -0.05) is 31.2 Å². The molecule has 0 bridgehead atoms. The van der Waals surface area contributed by atoms with Crippen LogP contribution in [0.15, 0.2) is 24.3 Å². The molecule has 0 aliphatic carbocycles. The number of ether oxygens (including phenoxy) is 1. The molecule has 2 heterocycles. The Kier molecular flexibility index (Phi) is 4.92. The van der Waals surface area contributed by atoms with Crippen molar-refractivity contribution in [3.63, 3.8) is 0 Å². The molecule has 3 heteroatoms. The molecule has 1 aromatic carbocycles. The van der Waals surface area contributed by atoms with Crippen LogP contribution in [-0.2, 0) is 11.2 Å². The maximum atomic E-state index is 6.59. The van der Waals surface area contributed by atoms with E-state index in [1.54, 1.807) is 0 Å². The summed E-state index contributed by atoms with van der Waals surface area (Å²) in [5, 5.41) is 0. The molecule has 1 aromatic rings. The van der Waals surface area contributed by atoms with E-state index in [9.17, 15) is 0 Å². The molecular formula is C18H27NOS. The Balaban J connectivity index is 1.69. The van der Waals surface area contributed by atoms with E-state index in [0.717, 1.165) is 25.9 Å². The predicted octanol–water partition coefficient (Wildman–Crippen LogP) is 3.94. The van der Waals surface area contributed by atoms with Crippen LogP contribution in [0.4, 0.5) is 0 Å². The largest absolute Gasteiger partial charge is 0.375 e. The Bertz CT molecular complexity index is 447.